The molecule has 0 radical (unpaired) electrons. The van der Waals surface area contributed by atoms with Crippen molar-refractivity contribution in [2.45, 2.75) is 62.6 Å². The van der Waals surface area contributed by atoms with Gasteiger partial charge in [0.15, 0.2) is 0 Å². The first-order chi connectivity index (χ1) is 11.1. The zero-order valence-corrected chi connectivity index (χ0v) is 16.5. The third-order valence-electron chi connectivity index (χ3n) is 4.17. The van der Waals surface area contributed by atoms with Gasteiger partial charge in [0.2, 0.25) is 10.0 Å². The van der Waals surface area contributed by atoms with Gasteiger partial charge in [-0.1, -0.05) is 18.6 Å². The minimum Gasteiger partial charge on any atom is -0.242 e. The third kappa shape index (κ3) is 4.65. The van der Waals surface area contributed by atoms with E-state index < -0.39 is 21.0 Å². The van der Waals surface area contributed by atoms with Gasteiger partial charge in [-0.2, -0.15) is 4.31 Å². The second-order valence-corrected chi connectivity index (χ2v) is 11.2. The van der Waals surface area contributed by atoms with Crippen LogP contribution in [-0.2, 0) is 21.0 Å². The Morgan fingerprint density at radius 2 is 1.62 bits per heavy atom. The summed E-state index contributed by atoms with van der Waals surface area (Å²) in [5.74, 6) is 0. The summed E-state index contributed by atoms with van der Waals surface area (Å²) in [5.41, 5.74) is 0.921. The summed E-state index contributed by atoms with van der Waals surface area (Å²) in [6.07, 6.45) is 2.95. The van der Waals surface area contributed by atoms with Gasteiger partial charge in [-0.15, -0.1) is 0 Å². The molecule has 2 atom stereocenters. The van der Waals surface area contributed by atoms with Gasteiger partial charge in [0.05, 0.1) is 20.6 Å². The largest absolute Gasteiger partial charge is 0.243 e. The fourth-order valence-corrected chi connectivity index (χ4v) is 4.92. The van der Waals surface area contributed by atoms with Crippen LogP contribution in [0.5, 0.6) is 0 Å². The monoisotopic (exact) mass is 372 g/mol. The molecule has 136 valence electrons. The van der Waals surface area contributed by atoms with E-state index in [-0.39, 0.29) is 10.8 Å². The molecule has 0 aliphatic carbocycles. The fraction of sp³-hybridized carbons (Fsp3) is 0.647. The van der Waals surface area contributed by atoms with Crippen molar-refractivity contribution in [1.82, 2.24) is 9.03 Å². The number of hydrogen-bond acceptors (Lipinski definition) is 3. The Balaban J connectivity index is 2.11. The van der Waals surface area contributed by atoms with Gasteiger partial charge in [-0.25, -0.2) is 17.3 Å². The predicted molar refractivity (Wildman–Crippen MR) is 98.5 cm³/mol. The maximum absolute atomic E-state index is 12.6. The molecule has 0 bridgehead atoms. The molecule has 1 aliphatic heterocycles. The topological polar surface area (TPSA) is 66.5 Å². The molecule has 1 saturated heterocycles. The van der Waals surface area contributed by atoms with Crippen LogP contribution in [0.3, 0.4) is 0 Å². The maximum Gasteiger partial charge on any atom is 0.243 e. The normalized spacial score (nSPS) is 19.8. The molecule has 5 nitrogen and oxygen atoms in total. The molecule has 2 rings (SSSR count). The van der Waals surface area contributed by atoms with Crippen molar-refractivity contribution in [2.75, 3.05) is 13.1 Å². The molecule has 1 N–H and O–H groups in total. The molecule has 2 unspecified atom stereocenters. The highest BCUT2D eigenvalue weighted by molar-refractivity contribution is 7.89. The van der Waals surface area contributed by atoms with Crippen LogP contribution in [0.4, 0.5) is 0 Å². The van der Waals surface area contributed by atoms with Crippen LogP contribution in [0.25, 0.3) is 0 Å². The van der Waals surface area contributed by atoms with Crippen LogP contribution in [-0.4, -0.2) is 34.8 Å². The number of benzene rings is 1. The van der Waals surface area contributed by atoms with Crippen LogP contribution >= 0.6 is 0 Å². The molecule has 0 spiro atoms. The number of rotatable bonds is 5. The molecule has 1 heterocycles. The lowest BCUT2D eigenvalue weighted by atomic mass is 10.1. The molecule has 1 aromatic carbocycles. The Bertz CT molecular complexity index is 673. The van der Waals surface area contributed by atoms with Crippen LogP contribution < -0.4 is 4.72 Å². The van der Waals surface area contributed by atoms with Crippen molar-refractivity contribution >= 4 is 21.0 Å². The summed E-state index contributed by atoms with van der Waals surface area (Å²) in [7, 11) is -4.57. The van der Waals surface area contributed by atoms with Gasteiger partial charge in [-0.05, 0) is 58.2 Å². The van der Waals surface area contributed by atoms with E-state index in [0.29, 0.717) is 18.0 Å². The van der Waals surface area contributed by atoms with E-state index in [1.165, 1.54) is 0 Å². The average Bonchev–Trinajstić information content (AvgIpc) is 2.55. The summed E-state index contributed by atoms with van der Waals surface area (Å²) in [6.45, 7) is 8.88. The van der Waals surface area contributed by atoms with Gasteiger partial charge in [0.25, 0.3) is 0 Å². The van der Waals surface area contributed by atoms with Crippen molar-refractivity contribution in [3.8, 4) is 0 Å². The fourth-order valence-electron chi connectivity index (χ4n) is 2.59. The maximum atomic E-state index is 12.6. The molecule has 0 saturated carbocycles. The van der Waals surface area contributed by atoms with E-state index in [1.807, 2.05) is 27.7 Å². The number of piperidine rings is 1. The van der Waals surface area contributed by atoms with Gasteiger partial charge in [-0.3, -0.25) is 0 Å². The SMILES string of the molecule is CC(NS(=O)C(C)(C)C)c1ccc(S(=O)(=O)N2CCCCC2)cc1. The van der Waals surface area contributed by atoms with Crippen molar-refractivity contribution in [3.63, 3.8) is 0 Å². The Hall–Kier alpha value is -0.760. The second-order valence-electron chi connectivity index (χ2n) is 7.25. The molecule has 24 heavy (non-hydrogen) atoms. The molecule has 0 aromatic heterocycles. The van der Waals surface area contributed by atoms with Gasteiger partial charge >= 0.3 is 0 Å². The van der Waals surface area contributed by atoms with E-state index in [0.717, 1.165) is 24.8 Å². The predicted octanol–water partition coefficient (Wildman–Crippen LogP) is 2.97. The third-order valence-corrected chi connectivity index (χ3v) is 7.77. The minimum absolute atomic E-state index is 0.114. The Morgan fingerprint density at radius 1 is 1.08 bits per heavy atom. The summed E-state index contributed by atoms with van der Waals surface area (Å²) in [6, 6.07) is 6.79. The highest BCUT2D eigenvalue weighted by Gasteiger charge is 2.26. The summed E-state index contributed by atoms with van der Waals surface area (Å²) < 4.78 is 41.8. The van der Waals surface area contributed by atoms with Crippen molar-refractivity contribution in [3.05, 3.63) is 29.8 Å². The summed E-state index contributed by atoms with van der Waals surface area (Å²) in [5, 5.41) is 0. The van der Waals surface area contributed by atoms with E-state index in [4.69, 9.17) is 0 Å². The molecule has 0 amide bonds. The number of nitrogens with one attached hydrogen (secondary N) is 1. The van der Waals surface area contributed by atoms with Crippen LogP contribution in [0.1, 0.15) is 58.6 Å². The minimum atomic E-state index is -3.40. The molecular formula is C17H28N2O3S2. The lowest BCUT2D eigenvalue weighted by molar-refractivity contribution is 0.346. The van der Waals surface area contributed by atoms with E-state index in [9.17, 15) is 12.6 Å². The standard InChI is InChI=1S/C17H28N2O3S2/c1-14(18-23(20)17(2,3)4)15-8-10-16(11-9-15)24(21,22)19-12-6-5-7-13-19/h8-11,14,18H,5-7,12-13H2,1-4H3. The van der Waals surface area contributed by atoms with E-state index in [1.54, 1.807) is 28.6 Å². The Labute approximate surface area is 148 Å². The molecular weight excluding hydrogens is 344 g/mol. The summed E-state index contributed by atoms with van der Waals surface area (Å²) in [4.78, 5) is 0.331. The molecule has 1 aliphatic rings. The smallest absolute Gasteiger partial charge is 0.242 e. The van der Waals surface area contributed by atoms with Crippen molar-refractivity contribution < 1.29 is 12.6 Å². The summed E-state index contributed by atoms with van der Waals surface area (Å²) >= 11 is 0. The molecule has 1 fully saturated rings. The van der Waals surface area contributed by atoms with Crippen LogP contribution in [0, 0.1) is 0 Å². The number of nitrogens with zero attached hydrogens (tertiary/aromatic N) is 1. The van der Waals surface area contributed by atoms with Crippen molar-refractivity contribution in [1.29, 1.82) is 0 Å². The van der Waals surface area contributed by atoms with E-state index in [2.05, 4.69) is 4.72 Å². The van der Waals surface area contributed by atoms with Gasteiger partial charge < -0.3 is 0 Å². The first-order valence-electron chi connectivity index (χ1n) is 8.40. The zero-order chi connectivity index (χ0) is 18.0. The van der Waals surface area contributed by atoms with Gasteiger partial charge in [0.1, 0.15) is 0 Å². The number of sulfonamides is 1. The molecule has 7 heteroatoms. The second kappa shape index (κ2) is 7.64. The van der Waals surface area contributed by atoms with E-state index >= 15 is 0 Å². The highest BCUT2D eigenvalue weighted by atomic mass is 32.2. The Kier molecular flexibility index (Phi) is 6.23. The molecule has 1 aromatic rings. The first-order valence-corrected chi connectivity index (χ1v) is 11.0. The first kappa shape index (κ1) is 19.6. The average molecular weight is 373 g/mol. The van der Waals surface area contributed by atoms with Crippen molar-refractivity contribution in [2.24, 2.45) is 0 Å². The van der Waals surface area contributed by atoms with Crippen LogP contribution in [0.15, 0.2) is 29.2 Å². The zero-order valence-electron chi connectivity index (χ0n) is 14.9. The van der Waals surface area contributed by atoms with Crippen LogP contribution in [0.2, 0.25) is 0 Å². The number of hydrogen-bond donors (Lipinski definition) is 1. The van der Waals surface area contributed by atoms with Gasteiger partial charge in [0, 0.05) is 19.1 Å². The lowest BCUT2D eigenvalue weighted by Gasteiger charge is -2.26. The highest BCUT2D eigenvalue weighted by Crippen LogP contribution is 2.23. The Morgan fingerprint density at radius 3 is 2.12 bits per heavy atom. The quantitative estimate of drug-likeness (QED) is 0.864. The lowest BCUT2D eigenvalue weighted by Crippen LogP contribution is -2.35.